The van der Waals surface area contributed by atoms with Gasteiger partial charge in [-0.25, -0.2) is 9.78 Å². The molecule has 0 saturated carbocycles. The monoisotopic (exact) mass is 401 g/mol. The largest absolute Gasteiger partial charge is 1.00 e. The molecule has 0 aliphatic heterocycles. The van der Waals surface area contributed by atoms with E-state index < -0.39 is 0 Å². The fourth-order valence-electron chi connectivity index (χ4n) is 3.40. The van der Waals surface area contributed by atoms with E-state index in [0.717, 1.165) is 11.1 Å². The van der Waals surface area contributed by atoms with Gasteiger partial charge in [-0.2, -0.15) is 0 Å². The van der Waals surface area contributed by atoms with Crippen molar-refractivity contribution in [2.24, 2.45) is 14.1 Å². The zero-order chi connectivity index (χ0) is 19.6. The number of nitrogens with one attached hydrogen (secondary N) is 1. The summed E-state index contributed by atoms with van der Waals surface area (Å²) in [7, 11) is 3.10. The second-order valence-electron chi connectivity index (χ2n) is 6.74. The molecule has 2 unspecified atom stereocenters. The fraction of sp³-hybridized carbons (Fsp3) is 0.350. The molecular weight excluding hydrogens is 378 g/mol. The molecule has 148 valence electrons. The van der Waals surface area contributed by atoms with Crippen LogP contribution in [0, 0.1) is 12.3 Å². The second-order valence-corrected chi connectivity index (χ2v) is 6.74. The molecule has 8 heteroatoms. The minimum atomic E-state index is -0.380. The lowest BCUT2D eigenvalue weighted by molar-refractivity contribution is -0.923. The molecule has 0 fully saturated rings. The highest BCUT2D eigenvalue weighted by molar-refractivity contribution is 5.69. The first-order chi connectivity index (χ1) is 13.0. The van der Waals surface area contributed by atoms with Gasteiger partial charge in [-0.3, -0.25) is 13.9 Å². The van der Waals surface area contributed by atoms with Crippen LogP contribution < -0.4 is 28.6 Å². The summed E-state index contributed by atoms with van der Waals surface area (Å²) in [5.74, 6) is 2.75. The maximum Gasteiger partial charge on any atom is 0.332 e. The topological polar surface area (TPSA) is 66.3 Å². The summed E-state index contributed by atoms with van der Waals surface area (Å²) in [6, 6.07) is 10.5. The normalized spacial score (nSPS) is 12.9. The molecule has 1 aromatic carbocycles. The minimum absolute atomic E-state index is 0. The number of aryl methyl sites for hydroxylation is 1. The van der Waals surface area contributed by atoms with Gasteiger partial charge in [0.15, 0.2) is 11.2 Å². The number of aromatic nitrogens is 4. The van der Waals surface area contributed by atoms with E-state index >= 15 is 0 Å². The third kappa shape index (κ3) is 3.88. The Bertz CT molecular complexity index is 1110. The molecular formula is C20H24ClN5O2. The number of benzene rings is 1. The Morgan fingerprint density at radius 1 is 1.18 bits per heavy atom. The first-order valence-electron chi connectivity index (χ1n) is 8.89. The van der Waals surface area contributed by atoms with Crippen molar-refractivity contribution in [2.75, 3.05) is 13.1 Å². The zero-order valence-electron chi connectivity index (χ0n) is 16.2. The van der Waals surface area contributed by atoms with E-state index in [1.807, 2.05) is 22.8 Å². The van der Waals surface area contributed by atoms with E-state index in [9.17, 15) is 9.59 Å². The van der Waals surface area contributed by atoms with E-state index in [1.54, 1.807) is 13.4 Å². The van der Waals surface area contributed by atoms with Crippen LogP contribution in [0.25, 0.3) is 11.2 Å². The molecule has 0 radical (unpaired) electrons. The van der Waals surface area contributed by atoms with Gasteiger partial charge in [-0.05, 0) is 12.8 Å². The summed E-state index contributed by atoms with van der Waals surface area (Å²) in [6.07, 6.45) is 7.20. The summed E-state index contributed by atoms with van der Waals surface area (Å²) in [5, 5.41) is 0. The summed E-state index contributed by atoms with van der Waals surface area (Å²) in [5.41, 5.74) is 1.34. The lowest BCUT2D eigenvalue weighted by Crippen LogP contribution is -3.12. The van der Waals surface area contributed by atoms with Crippen molar-refractivity contribution in [1.82, 2.24) is 18.7 Å². The molecule has 3 aromatic rings. The lowest BCUT2D eigenvalue weighted by atomic mass is 10.1. The van der Waals surface area contributed by atoms with Crippen LogP contribution in [0.15, 0.2) is 46.2 Å². The van der Waals surface area contributed by atoms with Crippen LogP contribution in [0.3, 0.4) is 0 Å². The third-order valence-corrected chi connectivity index (χ3v) is 5.13. The van der Waals surface area contributed by atoms with E-state index in [0.29, 0.717) is 24.3 Å². The molecule has 0 aliphatic carbocycles. The highest BCUT2D eigenvalue weighted by atomic mass is 35.5. The van der Waals surface area contributed by atoms with Gasteiger partial charge in [0.05, 0.1) is 19.4 Å². The number of rotatable bonds is 6. The Balaban J connectivity index is 0.00000280. The first kappa shape index (κ1) is 21.5. The number of terminal acetylenes is 1. The van der Waals surface area contributed by atoms with Gasteiger partial charge in [0.2, 0.25) is 0 Å². The second kappa shape index (κ2) is 8.91. The fourth-order valence-corrected chi connectivity index (χ4v) is 3.40. The molecule has 0 amide bonds. The molecule has 28 heavy (non-hydrogen) atoms. The Labute approximate surface area is 169 Å². The molecule has 1 N–H and O–H groups in total. The van der Waals surface area contributed by atoms with Crippen LogP contribution in [0.2, 0.25) is 0 Å². The molecule has 2 atom stereocenters. The van der Waals surface area contributed by atoms with Crippen molar-refractivity contribution in [3.8, 4) is 12.3 Å². The molecule has 0 spiro atoms. The van der Waals surface area contributed by atoms with E-state index in [4.69, 9.17) is 6.42 Å². The first-order valence-corrected chi connectivity index (χ1v) is 8.89. The Morgan fingerprint density at radius 2 is 1.86 bits per heavy atom. The smallest absolute Gasteiger partial charge is 0.332 e. The molecule has 0 aliphatic rings. The molecule has 3 rings (SSSR count). The molecule has 0 saturated heterocycles. The van der Waals surface area contributed by atoms with Crippen LogP contribution >= 0.6 is 0 Å². The van der Waals surface area contributed by atoms with E-state index in [2.05, 4.69) is 30.0 Å². The third-order valence-electron chi connectivity index (χ3n) is 5.13. The Morgan fingerprint density at radius 3 is 2.50 bits per heavy atom. The number of halogens is 1. The van der Waals surface area contributed by atoms with Gasteiger partial charge in [0.25, 0.3) is 5.56 Å². The number of nitrogens with zero attached hydrogens (tertiary/aromatic N) is 4. The number of hydrogen-bond acceptors (Lipinski definition) is 3. The predicted octanol–water partition coefficient (Wildman–Crippen LogP) is -3.28. The molecule has 7 nitrogen and oxygen atoms in total. The minimum Gasteiger partial charge on any atom is -1.00 e. The standard InChI is InChI=1S/C20H23N5O2.ClH/c1-5-11-24(15(2)16-9-7-6-8-10-16)12-13-25-14-21-18-17(25)19(26)23(4)20(27)22(18)3;/h1,6-10,14-15H,11-13H2,2-4H3;1H. The van der Waals surface area contributed by atoms with Crippen molar-refractivity contribution in [1.29, 1.82) is 0 Å². The van der Waals surface area contributed by atoms with Crippen LogP contribution in [-0.4, -0.2) is 31.8 Å². The summed E-state index contributed by atoms with van der Waals surface area (Å²) >= 11 is 0. The number of imidazole rings is 1. The van der Waals surface area contributed by atoms with E-state index in [-0.39, 0.29) is 29.7 Å². The average molecular weight is 402 g/mol. The van der Waals surface area contributed by atoms with Crippen LogP contribution in [-0.2, 0) is 20.6 Å². The maximum atomic E-state index is 12.6. The molecule has 0 bridgehead atoms. The average Bonchev–Trinajstić information content (AvgIpc) is 3.12. The van der Waals surface area contributed by atoms with Gasteiger partial charge in [0.1, 0.15) is 12.6 Å². The molecule has 2 aromatic heterocycles. The van der Waals surface area contributed by atoms with E-state index in [1.165, 1.54) is 22.1 Å². The van der Waals surface area contributed by atoms with Crippen molar-refractivity contribution in [2.45, 2.75) is 19.5 Å². The highest BCUT2D eigenvalue weighted by Crippen LogP contribution is 2.08. The quantitative estimate of drug-likeness (QED) is 0.440. The highest BCUT2D eigenvalue weighted by Gasteiger charge is 2.20. The summed E-state index contributed by atoms with van der Waals surface area (Å²) < 4.78 is 4.32. The predicted molar refractivity (Wildman–Crippen MR) is 105 cm³/mol. The number of quaternary nitrogens is 1. The number of hydrogen-bond donors (Lipinski definition) is 1. The van der Waals surface area contributed by atoms with Crippen LogP contribution in [0.1, 0.15) is 18.5 Å². The van der Waals surface area contributed by atoms with Crippen molar-refractivity contribution in [3.63, 3.8) is 0 Å². The lowest BCUT2D eigenvalue weighted by Gasteiger charge is -2.24. The van der Waals surface area contributed by atoms with Gasteiger partial charge >= 0.3 is 5.69 Å². The van der Waals surface area contributed by atoms with Crippen molar-refractivity contribution in [3.05, 3.63) is 63.1 Å². The Kier molecular flexibility index (Phi) is 6.84. The molecule has 2 heterocycles. The SMILES string of the molecule is C#CC[NH+](CCn1cnc2c1c(=O)n(C)c(=O)n2C)C(C)c1ccccc1.[Cl-]. The maximum absolute atomic E-state index is 12.6. The summed E-state index contributed by atoms with van der Waals surface area (Å²) in [6.45, 7) is 4.05. The van der Waals surface area contributed by atoms with Gasteiger partial charge < -0.3 is 21.9 Å². The van der Waals surface area contributed by atoms with Crippen LogP contribution in [0.4, 0.5) is 0 Å². The van der Waals surface area contributed by atoms with Crippen molar-refractivity contribution < 1.29 is 17.3 Å². The Hall–Kier alpha value is -2.82. The summed E-state index contributed by atoms with van der Waals surface area (Å²) in [4.78, 5) is 30.1. The van der Waals surface area contributed by atoms with Gasteiger partial charge in [-0.1, -0.05) is 30.3 Å². The van der Waals surface area contributed by atoms with Gasteiger partial charge in [0, 0.05) is 19.7 Å². The van der Waals surface area contributed by atoms with Gasteiger partial charge in [-0.15, -0.1) is 6.42 Å². The van der Waals surface area contributed by atoms with Crippen molar-refractivity contribution >= 4 is 11.2 Å². The number of fused-ring (bicyclic) bond motifs is 1. The van der Waals surface area contributed by atoms with Crippen LogP contribution in [0.5, 0.6) is 0 Å². The zero-order valence-corrected chi connectivity index (χ0v) is 17.0.